The number of carbonyl (C=O) groups is 2. The minimum Gasteiger partial charge on any atom is -0.466 e. The van der Waals surface area contributed by atoms with Gasteiger partial charge < -0.3 is 14.1 Å². The van der Waals surface area contributed by atoms with Crippen LogP contribution in [0.4, 0.5) is 0 Å². The van der Waals surface area contributed by atoms with Gasteiger partial charge in [-0.3, -0.25) is 9.59 Å². The van der Waals surface area contributed by atoms with Crippen molar-refractivity contribution in [2.75, 3.05) is 32.8 Å². The molecule has 0 aliphatic carbocycles. The van der Waals surface area contributed by atoms with Gasteiger partial charge in [0.1, 0.15) is 5.58 Å². The molecule has 0 N–H and O–H groups in total. The highest BCUT2D eigenvalue weighted by Crippen LogP contribution is 2.32. The molecule has 0 unspecified atom stereocenters. The van der Waals surface area contributed by atoms with Crippen molar-refractivity contribution >= 4 is 32.9 Å². The second-order valence-corrected chi connectivity index (χ2v) is 11.7. The summed E-state index contributed by atoms with van der Waals surface area (Å²) in [7, 11) is -3.63. The number of fused-ring (bicyclic) bond motifs is 1. The summed E-state index contributed by atoms with van der Waals surface area (Å²) in [5.74, 6) is 0.221. The summed E-state index contributed by atoms with van der Waals surface area (Å²) in [6, 6.07) is 4.82. The average molecular weight is 491 g/mol. The molecule has 8 nitrogen and oxygen atoms in total. The topological polar surface area (TPSA) is 97.1 Å². The average Bonchev–Trinajstić information content (AvgIpc) is 3.14. The lowest BCUT2D eigenvalue weighted by molar-refractivity contribution is -0.149. The summed E-state index contributed by atoms with van der Waals surface area (Å²) < 4.78 is 39.2. The summed E-state index contributed by atoms with van der Waals surface area (Å²) in [6.07, 6.45) is 2.13. The number of rotatable bonds is 5. The third-order valence-electron chi connectivity index (χ3n) is 6.98. The van der Waals surface area contributed by atoms with Crippen LogP contribution < -0.4 is 0 Å². The zero-order valence-corrected chi connectivity index (χ0v) is 21.2. The van der Waals surface area contributed by atoms with Crippen molar-refractivity contribution in [1.82, 2.24) is 9.21 Å². The molecule has 34 heavy (non-hydrogen) atoms. The van der Waals surface area contributed by atoms with E-state index in [0.29, 0.717) is 74.0 Å². The van der Waals surface area contributed by atoms with Gasteiger partial charge in [-0.25, -0.2) is 8.42 Å². The van der Waals surface area contributed by atoms with Crippen LogP contribution in [0.15, 0.2) is 27.5 Å². The fourth-order valence-corrected chi connectivity index (χ4v) is 6.94. The summed E-state index contributed by atoms with van der Waals surface area (Å²) in [5, 5.41) is 0.629. The fourth-order valence-electron chi connectivity index (χ4n) is 5.24. The molecule has 2 aliphatic rings. The number of furan rings is 1. The van der Waals surface area contributed by atoms with Gasteiger partial charge in [-0.15, -0.1) is 0 Å². The first-order valence-electron chi connectivity index (χ1n) is 12.1. The number of piperidine rings is 2. The molecule has 0 bridgehead atoms. The second kappa shape index (κ2) is 9.70. The Kier molecular flexibility index (Phi) is 7.05. The van der Waals surface area contributed by atoms with Crippen molar-refractivity contribution in [3.8, 4) is 0 Å². The van der Waals surface area contributed by atoms with Gasteiger partial charge in [0, 0.05) is 37.1 Å². The van der Waals surface area contributed by atoms with Crippen LogP contribution in [-0.2, 0) is 19.6 Å². The summed E-state index contributed by atoms with van der Waals surface area (Å²) in [6.45, 7) is 10.00. The Hall–Kier alpha value is -2.39. The van der Waals surface area contributed by atoms with E-state index in [1.165, 1.54) is 0 Å². The smallest absolute Gasteiger partial charge is 0.309 e. The lowest BCUT2D eigenvalue weighted by Crippen LogP contribution is -2.42. The molecule has 2 atom stereocenters. The molecule has 3 heterocycles. The van der Waals surface area contributed by atoms with Gasteiger partial charge in [-0.1, -0.05) is 13.8 Å². The van der Waals surface area contributed by atoms with E-state index >= 15 is 0 Å². The second-order valence-electron chi connectivity index (χ2n) is 9.80. The van der Waals surface area contributed by atoms with E-state index in [-0.39, 0.29) is 28.5 Å². The van der Waals surface area contributed by atoms with E-state index in [0.717, 1.165) is 6.42 Å². The number of likely N-dealkylation sites (tertiary alicyclic amines) is 1. The van der Waals surface area contributed by atoms with Crippen LogP contribution in [0.3, 0.4) is 0 Å². The molecule has 186 valence electrons. The third-order valence-corrected chi connectivity index (χ3v) is 8.80. The Morgan fingerprint density at radius 2 is 1.76 bits per heavy atom. The molecule has 2 aromatic rings. The maximum atomic E-state index is 13.3. The molecule has 2 saturated heterocycles. The van der Waals surface area contributed by atoms with Crippen LogP contribution in [-0.4, -0.2) is 62.3 Å². The predicted octanol–water partition coefficient (Wildman–Crippen LogP) is 3.82. The minimum atomic E-state index is -3.63. The van der Waals surface area contributed by atoms with Crippen molar-refractivity contribution in [3.63, 3.8) is 0 Å². The molecular weight excluding hydrogens is 456 g/mol. The number of benzene rings is 1. The molecular formula is C25H34N2O6S. The summed E-state index contributed by atoms with van der Waals surface area (Å²) >= 11 is 0. The van der Waals surface area contributed by atoms with Gasteiger partial charge in [0.05, 0.1) is 17.4 Å². The van der Waals surface area contributed by atoms with Gasteiger partial charge in [0.15, 0.2) is 5.76 Å². The van der Waals surface area contributed by atoms with Crippen molar-refractivity contribution < 1.29 is 27.2 Å². The molecule has 1 aromatic heterocycles. The van der Waals surface area contributed by atoms with Crippen LogP contribution in [0.5, 0.6) is 0 Å². The standard InChI is InChI=1S/C25H34N2O6S/c1-5-32-25(29)19-8-10-26(11-9-19)24(28)23-18(4)21-13-20(6-7-22(21)33-23)34(30,31)27-14-16(2)12-17(3)15-27/h6-7,13,16-17,19H,5,8-12,14-15H2,1-4H3/t16-,17-/m1/s1. The molecule has 1 amide bonds. The van der Waals surface area contributed by atoms with Crippen molar-refractivity contribution in [3.05, 3.63) is 29.5 Å². The molecule has 2 aliphatic heterocycles. The molecule has 0 saturated carbocycles. The first-order chi connectivity index (χ1) is 16.1. The highest BCUT2D eigenvalue weighted by atomic mass is 32.2. The number of hydrogen-bond donors (Lipinski definition) is 0. The Morgan fingerprint density at radius 1 is 1.12 bits per heavy atom. The highest BCUT2D eigenvalue weighted by Gasteiger charge is 2.33. The maximum Gasteiger partial charge on any atom is 0.309 e. The number of esters is 1. The number of sulfonamides is 1. The van der Waals surface area contributed by atoms with E-state index in [9.17, 15) is 18.0 Å². The summed E-state index contributed by atoms with van der Waals surface area (Å²) in [4.78, 5) is 27.1. The lowest BCUT2D eigenvalue weighted by Gasteiger charge is -2.34. The van der Waals surface area contributed by atoms with E-state index in [1.807, 2.05) is 0 Å². The molecule has 0 radical (unpaired) electrons. The van der Waals surface area contributed by atoms with Gasteiger partial charge >= 0.3 is 5.97 Å². The highest BCUT2D eigenvalue weighted by molar-refractivity contribution is 7.89. The number of hydrogen-bond acceptors (Lipinski definition) is 6. The zero-order chi connectivity index (χ0) is 24.6. The molecule has 9 heteroatoms. The van der Waals surface area contributed by atoms with Crippen LogP contribution >= 0.6 is 0 Å². The Balaban J connectivity index is 1.55. The first-order valence-corrected chi connectivity index (χ1v) is 13.5. The largest absolute Gasteiger partial charge is 0.466 e. The van der Waals surface area contributed by atoms with Crippen molar-refractivity contribution in [1.29, 1.82) is 0 Å². The summed E-state index contributed by atoms with van der Waals surface area (Å²) in [5.41, 5.74) is 1.12. The van der Waals surface area contributed by atoms with Gasteiger partial charge in [-0.2, -0.15) is 4.31 Å². The van der Waals surface area contributed by atoms with Gasteiger partial charge in [0.2, 0.25) is 10.0 Å². The van der Waals surface area contributed by atoms with Crippen LogP contribution in [0.1, 0.15) is 56.2 Å². The quantitative estimate of drug-likeness (QED) is 0.591. The van der Waals surface area contributed by atoms with Crippen LogP contribution in [0, 0.1) is 24.7 Å². The van der Waals surface area contributed by atoms with Crippen LogP contribution in [0.2, 0.25) is 0 Å². The Morgan fingerprint density at radius 3 is 2.38 bits per heavy atom. The molecule has 2 fully saturated rings. The van der Waals surface area contributed by atoms with E-state index < -0.39 is 10.0 Å². The monoisotopic (exact) mass is 490 g/mol. The fraction of sp³-hybridized carbons (Fsp3) is 0.600. The number of amides is 1. The first kappa shape index (κ1) is 24.7. The third kappa shape index (κ3) is 4.73. The van der Waals surface area contributed by atoms with Gasteiger partial charge in [0.25, 0.3) is 5.91 Å². The van der Waals surface area contributed by atoms with Crippen molar-refractivity contribution in [2.45, 2.75) is 51.9 Å². The lowest BCUT2D eigenvalue weighted by atomic mass is 9.94. The van der Waals surface area contributed by atoms with Gasteiger partial charge in [-0.05, 0) is 63.1 Å². The molecule has 4 rings (SSSR count). The molecule has 1 aromatic carbocycles. The van der Waals surface area contributed by atoms with E-state index in [1.54, 1.807) is 41.3 Å². The van der Waals surface area contributed by atoms with Crippen LogP contribution in [0.25, 0.3) is 11.0 Å². The number of ether oxygens (including phenoxy) is 1. The number of nitrogens with zero attached hydrogens (tertiary/aromatic N) is 2. The van der Waals surface area contributed by atoms with Crippen molar-refractivity contribution in [2.24, 2.45) is 17.8 Å². The Labute approximate surface area is 201 Å². The zero-order valence-electron chi connectivity index (χ0n) is 20.4. The number of carbonyl (C=O) groups excluding carboxylic acids is 2. The number of aryl methyl sites for hydroxylation is 1. The molecule has 0 spiro atoms. The SMILES string of the molecule is CCOC(=O)C1CCN(C(=O)c2oc3ccc(S(=O)(=O)N4C[C@H](C)C[C@@H](C)C4)cc3c2C)CC1. The maximum absolute atomic E-state index is 13.3. The predicted molar refractivity (Wildman–Crippen MR) is 128 cm³/mol. The van der Waals surface area contributed by atoms with E-state index in [4.69, 9.17) is 9.15 Å². The normalized spacial score (nSPS) is 22.8. The Bertz CT molecular complexity index is 1170. The van der Waals surface area contributed by atoms with E-state index in [2.05, 4.69) is 13.8 Å². The minimum absolute atomic E-state index is 0.186.